The molecular weight excluding hydrogens is 320 g/mol. The van der Waals surface area contributed by atoms with Gasteiger partial charge in [0.15, 0.2) is 5.78 Å². The molecule has 0 radical (unpaired) electrons. The average molecular weight is 352 g/mol. The highest BCUT2D eigenvalue weighted by Gasteiger charge is 2.17. The molecule has 0 heterocycles. The van der Waals surface area contributed by atoms with Gasteiger partial charge in [0.25, 0.3) is 0 Å². The van der Waals surface area contributed by atoms with Crippen molar-refractivity contribution in [2.24, 2.45) is 0 Å². The van der Waals surface area contributed by atoms with Crippen molar-refractivity contribution in [3.05, 3.63) is 37.5 Å². The van der Waals surface area contributed by atoms with E-state index in [4.69, 9.17) is 14.2 Å². The van der Waals surface area contributed by atoms with Crippen LogP contribution in [0.25, 0.3) is 0 Å². The number of carbonyl (C=O) groups excluding carboxylic acids is 2. The maximum Gasteiger partial charge on any atom is 0.331 e. The lowest BCUT2D eigenvalue weighted by Gasteiger charge is -2.14. The monoisotopic (exact) mass is 352 g/mol. The Morgan fingerprint density at radius 3 is 2.32 bits per heavy atom. The van der Waals surface area contributed by atoms with Gasteiger partial charge in [0.05, 0.1) is 6.10 Å². The molecule has 0 unspecified atom stereocenters. The first-order valence-corrected chi connectivity index (χ1v) is 8.80. The molecule has 0 aromatic carbocycles. The van der Waals surface area contributed by atoms with E-state index in [-0.39, 0.29) is 18.7 Å². The summed E-state index contributed by atoms with van der Waals surface area (Å²) in [5, 5.41) is 0. The highest BCUT2D eigenvalue weighted by Crippen LogP contribution is 2.09. The summed E-state index contributed by atoms with van der Waals surface area (Å²) < 4.78 is 15.5. The normalized spacial score (nSPS) is 13.4. The lowest BCUT2D eigenvalue weighted by Crippen LogP contribution is -2.24. The molecule has 0 aliphatic carbocycles. The maximum atomic E-state index is 12.2. The fourth-order valence-electron chi connectivity index (χ4n) is 2.18. The number of ketones is 1. The zero-order valence-electron chi connectivity index (χ0n) is 15.6. The van der Waals surface area contributed by atoms with Crippen LogP contribution in [0, 0.1) is 0 Å². The van der Waals surface area contributed by atoms with Gasteiger partial charge in [-0.3, -0.25) is 4.79 Å². The molecule has 142 valence electrons. The van der Waals surface area contributed by atoms with Gasteiger partial charge in [-0.25, -0.2) is 4.79 Å². The second-order valence-electron chi connectivity index (χ2n) is 5.84. The van der Waals surface area contributed by atoms with Crippen molar-refractivity contribution in [3.8, 4) is 0 Å². The van der Waals surface area contributed by atoms with E-state index in [1.807, 2.05) is 13.0 Å². The van der Waals surface area contributed by atoms with Crippen LogP contribution in [0.5, 0.6) is 0 Å². The lowest BCUT2D eigenvalue weighted by atomic mass is 10.1. The number of methoxy groups -OCH3 is 1. The Morgan fingerprint density at radius 1 is 1.00 bits per heavy atom. The minimum atomic E-state index is -0.625. The highest BCUT2D eigenvalue weighted by atomic mass is 16.7. The van der Waals surface area contributed by atoms with Crippen LogP contribution in [-0.4, -0.2) is 37.9 Å². The van der Waals surface area contributed by atoms with Crippen molar-refractivity contribution in [3.63, 3.8) is 0 Å². The summed E-state index contributed by atoms with van der Waals surface area (Å²) in [5.74, 6) is -0.780. The fourth-order valence-corrected chi connectivity index (χ4v) is 2.18. The number of esters is 1. The third-order valence-electron chi connectivity index (χ3n) is 3.55. The Kier molecular flexibility index (Phi) is 14.7. The van der Waals surface area contributed by atoms with Gasteiger partial charge in [-0.15, -0.1) is 13.2 Å². The zero-order valence-corrected chi connectivity index (χ0v) is 15.6. The number of hydrogen-bond acceptors (Lipinski definition) is 5. The standard InChI is InChI=1S/C20H32O5/c1-5-7-9-11-12-17(3)25-20(22)15-14-18(21)19(24-16-23-4)13-10-8-6-2/h5-6,14-15,17,19H,1-2,7-13,16H2,3-4H3/b15-14+/t17-,19+/m1/s1. The van der Waals surface area contributed by atoms with Gasteiger partial charge >= 0.3 is 5.97 Å². The molecule has 0 rings (SSSR count). The molecule has 0 aliphatic rings. The third kappa shape index (κ3) is 13.3. The van der Waals surface area contributed by atoms with Crippen LogP contribution in [0.2, 0.25) is 0 Å². The summed E-state index contributed by atoms with van der Waals surface area (Å²) in [6, 6.07) is 0. The molecule has 0 aromatic rings. The quantitative estimate of drug-likeness (QED) is 0.137. The van der Waals surface area contributed by atoms with Crippen LogP contribution < -0.4 is 0 Å². The lowest BCUT2D eigenvalue weighted by molar-refractivity contribution is -0.143. The van der Waals surface area contributed by atoms with Crippen LogP contribution in [0.1, 0.15) is 51.9 Å². The summed E-state index contributed by atoms with van der Waals surface area (Å²) in [7, 11) is 1.49. The van der Waals surface area contributed by atoms with Gasteiger partial charge in [-0.05, 0) is 57.9 Å². The second-order valence-corrected chi connectivity index (χ2v) is 5.84. The fraction of sp³-hybridized carbons (Fsp3) is 0.600. The van der Waals surface area contributed by atoms with Gasteiger partial charge in [0, 0.05) is 13.2 Å². The molecule has 0 spiro atoms. The first kappa shape index (κ1) is 23.3. The second kappa shape index (κ2) is 15.8. The number of ether oxygens (including phenoxy) is 3. The predicted octanol–water partition coefficient (Wildman–Crippen LogP) is 4.14. The van der Waals surface area contributed by atoms with Gasteiger partial charge in [-0.1, -0.05) is 12.2 Å². The van der Waals surface area contributed by atoms with E-state index in [0.29, 0.717) is 6.42 Å². The Balaban J connectivity index is 4.32. The number of rotatable bonds is 16. The van der Waals surface area contributed by atoms with E-state index >= 15 is 0 Å². The number of allylic oxidation sites excluding steroid dienone is 2. The molecule has 0 bridgehead atoms. The molecule has 5 nitrogen and oxygen atoms in total. The van der Waals surface area contributed by atoms with E-state index in [0.717, 1.165) is 38.5 Å². The molecule has 25 heavy (non-hydrogen) atoms. The summed E-state index contributed by atoms with van der Waals surface area (Å²) >= 11 is 0. The molecular formula is C20H32O5. The van der Waals surface area contributed by atoms with Crippen molar-refractivity contribution in [1.29, 1.82) is 0 Å². The van der Waals surface area contributed by atoms with Gasteiger partial charge in [-0.2, -0.15) is 0 Å². The van der Waals surface area contributed by atoms with Crippen LogP contribution in [0.4, 0.5) is 0 Å². The molecule has 0 aliphatic heterocycles. The molecule has 2 atom stereocenters. The molecule has 0 N–H and O–H groups in total. The zero-order chi connectivity index (χ0) is 18.9. The Labute approximate surface area is 151 Å². The molecule has 0 saturated carbocycles. The van der Waals surface area contributed by atoms with Crippen molar-refractivity contribution < 1.29 is 23.8 Å². The van der Waals surface area contributed by atoms with Crippen molar-refractivity contribution in [2.75, 3.05) is 13.9 Å². The number of carbonyl (C=O) groups is 2. The van der Waals surface area contributed by atoms with Gasteiger partial charge in [0.1, 0.15) is 12.9 Å². The highest BCUT2D eigenvalue weighted by molar-refractivity contribution is 5.98. The smallest absolute Gasteiger partial charge is 0.331 e. The van der Waals surface area contributed by atoms with E-state index in [1.54, 1.807) is 6.08 Å². The number of unbranched alkanes of at least 4 members (excludes halogenated alkanes) is 3. The van der Waals surface area contributed by atoms with Crippen LogP contribution >= 0.6 is 0 Å². The largest absolute Gasteiger partial charge is 0.460 e. The summed E-state index contributed by atoms with van der Waals surface area (Å²) in [6.45, 7) is 9.21. The summed E-state index contributed by atoms with van der Waals surface area (Å²) in [6.07, 6.45) is 11.1. The molecule has 0 aromatic heterocycles. The first-order chi connectivity index (χ1) is 12.0. The van der Waals surface area contributed by atoms with E-state index in [1.165, 1.54) is 19.3 Å². The first-order valence-electron chi connectivity index (χ1n) is 8.80. The Morgan fingerprint density at radius 2 is 1.68 bits per heavy atom. The van der Waals surface area contributed by atoms with Crippen molar-refractivity contribution >= 4 is 11.8 Å². The van der Waals surface area contributed by atoms with E-state index in [9.17, 15) is 9.59 Å². The third-order valence-corrected chi connectivity index (χ3v) is 3.55. The molecule has 0 saturated heterocycles. The van der Waals surface area contributed by atoms with Crippen molar-refractivity contribution in [2.45, 2.75) is 64.1 Å². The minimum absolute atomic E-state index is 0.0323. The Hall–Kier alpha value is -1.72. The molecule has 0 amide bonds. The molecule has 0 fully saturated rings. The van der Waals surface area contributed by atoms with Crippen LogP contribution in [0.3, 0.4) is 0 Å². The Bertz CT molecular complexity index is 428. The average Bonchev–Trinajstić information content (AvgIpc) is 2.59. The van der Waals surface area contributed by atoms with Crippen LogP contribution in [-0.2, 0) is 23.8 Å². The molecule has 5 heteroatoms. The number of hydrogen-bond donors (Lipinski definition) is 0. The summed E-state index contributed by atoms with van der Waals surface area (Å²) in [5.41, 5.74) is 0. The van der Waals surface area contributed by atoms with Crippen molar-refractivity contribution in [1.82, 2.24) is 0 Å². The summed E-state index contributed by atoms with van der Waals surface area (Å²) in [4.78, 5) is 24.0. The maximum absolute atomic E-state index is 12.2. The minimum Gasteiger partial charge on any atom is -0.460 e. The van der Waals surface area contributed by atoms with Gasteiger partial charge < -0.3 is 14.2 Å². The van der Waals surface area contributed by atoms with Crippen LogP contribution in [0.15, 0.2) is 37.5 Å². The van der Waals surface area contributed by atoms with E-state index < -0.39 is 12.1 Å². The predicted molar refractivity (Wildman–Crippen MR) is 99.2 cm³/mol. The van der Waals surface area contributed by atoms with E-state index in [2.05, 4.69) is 13.2 Å². The topological polar surface area (TPSA) is 61.8 Å². The van der Waals surface area contributed by atoms with Gasteiger partial charge in [0.2, 0.25) is 0 Å². The SMILES string of the molecule is C=CCCCC[C@@H](C)OC(=O)/C=C/C(=O)[C@H](CCCC=C)OCOC.